The van der Waals surface area contributed by atoms with Crippen LogP contribution in [0, 0.1) is 13.8 Å². The van der Waals surface area contributed by atoms with Gasteiger partial charge in [-0.05, 0) is 80.9 Å². The monoisotopic (exact) mass is 569 g/mol. The number of sulfonamides is 1. The lowest BCUT2D eigenvalue weighted by molar-refractivity contribution is -0.112. The third kappa shape index (κ3) is 4.24. The maximum atomic E-state index is 13.4. The van der Waals surface area contributed by atoms with Crippen LogP contribution >= 0.6 is 15.9 Å². The van der Waals surface area contributed by atoms with Gasteiger partial charge in [0.2, 0.25) is 10.0 Å². The summed E-state index contributed by atoms with van der Waals surface area (Å²) in [6.45, 7) is 7.88. The van der Waals surface area contributed by atoms with E-state index in [1.54, 1.807) is 23.1 Å². The highest BCUT2D eigenvalue weighted by Gasteiger charge is 2.34. The molecule has 0 saturated carbocycles. The van der Waals surface area contributed by atoms with Gasteiger partial charge in [0.1, 0.15) is 0 Å². The number of aryl methyl sites for hydroxylation is 1. The van der Waals surface area contributed by atoms with Crippen molar-refractivity contribution in [2.24, 2.45) is 0 Å². The van der Waals surface area contributed by atoms with E-state index in [1.165, 1.54) is 4.31 Å². The van der Waals surface area contributed by atoms with E-state index in [9.17, 15) is 13.2 Å². The first-order valence-corrected chi connectivity index (χ1v) is 14.2. The number of aromatic nitrogens is 1. The van der Waals surface area contributed by atoms with E-state index in [1.807, 2.05) is 51.1 Å². The molecule has 0 radical (unpaired) electrons. The predicted molar refractivity (Wildman–Crippen MR) is 145 cm³/mol. The van der Waals surface area contributed by atoms with Crippen LogP contribution in [0.25, 0.3) is 17.3 Å². The molecular weight excluding hydrogens is 542 g/mol. The molecule has 0 bridgehead atoms. The second-order valence-electron chi connectivity index (χ2n) is 8.94. The first-order valence-electron chi connectivity index (χ1n) is 11.9. The highest BCUT2D eigenvalue weighted by Crippen LogP contribution is 2.40. The van der Waals surface area contributed by atoms with E-state index in [2.05, 4.69) is 26.6 Å². The van der Waals surface area contributed by atoms with Gasteiger partial charge in [0, 0.05) is 52.3 Å². The number of fused-ring (bicyclic) bond motifs is 1. The maximum Gasteiger partial charge on any atom is 0.258 e. The highest BCUT2D eigenvalue weighted by atomic mass is 79.9. The molecule has 3 heterocycles. The Morgan fingerprint density at radius 2 is 1.72 bits per heavy atom. The molecule has 9 heteroatoms. The fourth-order valence-electron chi connectivity index (χ4n) is 4.96. The Morgan fingerprint density at radius 1 is 1.03 bits per heavy atom. The van der Waals surface area contributed by atoms with Crippen LogP contribution < -0.4 is 4.90 Å². The lowest BCUT2D eigenvalue weighted by atomic mass is 10.0. The van der Waals surface area contributed by atoms with E-state index in [4.69, 9.17) is 4.74 Å². The van der Waals surface area contributed by atoms with E-state index >= 15 is 0 Å². The summed E-state index contributed by atoms with van der Waals surface area (Å²) < 4.78 is 36.5. The quantitative estimate of drug-likeness (QED) is 0.414. The lowest BCUT2D eigenvalue weighted by Gasteiger charge is -2.26. The fourth-order valence-corrected chi connectivity index (χ4v) is 6.66. The molecule has 2 aliphatic rings. The van der Waals surface area contributed by atoms with Crippen molar-refractivity contribution in [2.75, 3.05) is 37.7 Å². The Kier molecular flexibility index (Phi) is 6.67. The molecular formula is C27H28BrN3O4S. The summed E-state index contributed by atoms with van der Waals surface area (Å²) >= 11 is 3.49. The number of rotatable bonds is 5. The number of ether oxygens (including phenoxy) is 1. The van der Waals surface area contributed by atoms with Crippen LogP contribution in [-0.4, -0.2) is 56.0 Å². The normalized spacial score (nSPS) is 17.7. The number of hydrogen-bond donors (Lipinski definition) is 0. The van der Waals surface area contributed by atoms with Crippen LogP contribution in [-0.2, 0) is 19.6 Å². The number of carbonyl (C=O) groups excluding carboxylic acids is 1. The number of nitrogens with zero attached hydrogens (tertiary/aromatic N) is 3. The second kappa shape index (κ2) is 9.63. The zero-order chi connectivity index (χ0) is 25.6. The van der Waals surface area contributed by atoms with E-state index in [-0.39, 0.29) is 10.8 Å². The predicted octanol–water partition coefficient (Wildman–Crippen LogP) is 4.78. The number of likely N-dealkylation sites (N-methyl/N-ethyl adjacent to an activating group) is 1. The molecule has 1 saturated heterocycles. The third-order valence-corrected chi connectivity index (χ3v) is 9.23. The Morgan fingerprint density at radius 3 is 2.39 bits per heavy atom. The zero-order valence-corrected chi connectivity index (χ0v) is 22.9. The first-order chi connectivity index (χ1) is 17.2. The van der Waals surface area contributed by atoms with Crippen molar-refractivity contribution in [3.05, 3.63) is 75.5 Å². The molecule has 0 spiro atoms. The standard InChI is InChI=1S/C27H28BrN3O4S/c1-4-30-26-10-9-23(36(33,34)29-11-13-35-14-12-29)17-24(26)25(27(30)32)16-20-15-18(2)31(19(20)3)22-7-5-21(28)6-8-22/h5-10,15-17H,4,11-14H2,1-3H3/b25-16-. The van der Waals surface area contributed by atoms with Crippen molar-refractivity contribution in [2.45, 2.75) is 25.7 Å². The van der Waals surface area contributed by atoms with Gasteiger partial charge in [0.25, 0.3) is 5.91 Å². The summed E-state index contributed by atoms with van der Waals surface area (Å²) in [4.78, 5) is 15.3. The minimum absolute atomic E-state index is 0.123. The molecule has 0 atom stereocenters. The number of anilines is 1. The van der Waals surface area contributed by atoms with Crippen molar-refractivity contribution in [3.63, 3.8) is 0 Å². The molecule has 1 fully saturated rings. The average Bonchev–Trinajstić information content (AvgIpc) is 3.31. The summed E-state index contributed by atoms with van der Waals surface area (Å²) in [5.74, 6) is -0.123. The van der Waals surface area contributed by atoms with Gasteiger partial charge in [-0.15, -0.1) is 0 Å². The summed E-state index contributed by atoms with van der Waals surface area (Å²) in [6.07, 6.45) is 1.89. The highest BCUT2D eigenvalue weighted by molar-refractivity contribution is 9.10. The average molecular weight is 571 g/mol. The first kappa shape index (κ1) is 25.0. The van der Waals surface area contributed by atoms with Crippen molar-refractivity contribution in [1.29, 1.82) is 0 Å². The maximum absolute atomic E-state index is 13.4. The lowest BCUT2D eigenvalue weighted by Crippen LogP contribution is -2.40. The molecule has 3 aromatic rings. The SMILES string of the molecule is CCN1C(=O)/C(=C\c2cc(C)n(-c3ccc(Br)cc3)c2C)c2cc(S(=O)(=O)N3CCOCC3)ccc21. The van der Waals surface area contributed by atoms with Crippen LogP contribution in [0.15, 0.2) is 57.9 Å². The van der Waals surface area contributed by atoms with E-state index in [0.717, 1.165) is 32.8 Å². The Hall–Kier alpha value is -2.72. The summed E-state index contributed by atoms with van der Waals surface area (Å²) in [5.41, 5.74) is 5.88. The van der Waals surface area contributed by atoms with Gasteiger partial charge in [0.15, 0.2) is 0 Å². The molecule has 36 heavy (non-hydrogen) atoms. The zero-order valence-electron chi connectivity index (χ0n) is 20.5. The smallest absolute Gasteiger partial charge is 0.258 e. The molecule has 5 rings (SSSR count). The van der Waals surface area contributed by atoms with Gasteiger partial charge in [-0.3, -0.25) is 4.79 Å². The van der Waals surface area contributed by atoms with Gasteiger partial charge < -0.3 is 14.2 Å². The van der Waals surface area contributed by atoms with Crippen LogP contribution in [0.5, 0.6) is 0 Å². The molecule has 1 amide bonds. The third-order valence-electron chi connectivity index (χ3n) is 6.80. The summed E-state index contributed by atoms with van der Waals surface area (Å²) in [7, 11) is -3.68. The number of benzene rings is 2. The largest absolute Gasteiger partial charge is 0.379 e. The molecule has 1 aromatic heterocycles. The Balaban J connectivity index is 1.60. The number of hydrogen-bond acceptors (Lipinski definition) is 4. The van der Waals surface area contributed by atoms with Gasteiger partial charge in [-0.25, -0.2) is 8.42 Å². The molecule has 2 aliphatic heterocycles. The minimum Gasteiger partial charge on any atom is -0.379 e. The van der Waals surface area contributed by atoms with Gasteiger partial charge in [-0.2, -0.15) is 4.31 Å². The molecule has 188 valence electrons. The van der Waals surface area contributed by atoms with Crippen LogP contribution in [0.4, 0.5) is 5.69 Å². The summed E-state index contributed by atoms with van der Waals surface area (Å²) in [5, 5.41) is 0. The number of amides is 1. The topological polar surface area (TPSA) is 71.9 Å². The van der Waals surface area contributed by atoms with Gasteiger partial charge in [-0.1, -0.05) is 15.9 Å². The molecule has 0 N–H and O–H groups in total. The van der Waals surface area contributed by atoms with Crippen molar-refractivity contribution in [1.82, 2.24) is 8.87 Å². The Labute approximate surface area is 220 Å². The number of morpholine rings is 1. The fraction of sp³-hybridized carbons (Fsp3) is 0.296. The van der Waals surface area contributed by atoms with Crippen molar-refractivity contribution >= 4 is 49.2 Å². The van der Waals surface area contributed by atoms with Crippen LogP contribution in [0.1, 0.15) is 29.4 Å². The van der Waals surface area contributed by atoms with Crippen molar-refractivity contribution < 1.29 is 17.9 Å². The summed E-state index contributed by atoms with van der Waals surface area (Å²) in [6, 6.07) is 15.1. The van der Waals surface area contributed by atoms with Crippen molar-refractivity contribution in [3.8, 4) is 5.69 Å². The molecule has 0 unspecified atom stereocenters. The van der Waals surface area contributed by atoms with E-state index < -0.39 is 10.0 Å². The van der Waals surface area contributed by atoms with Gasteiger partial charge >= 0.3 is 0 Å². The Bertz CT molecular complexity index is 1470. The van der Waals surface area contributed by atoms with Crippen LogP contribution in [0.2, 0.25) is 0 Å². The van der Waals surface area contributed by atoms with E-state index in [0.29, 0.717) is 44.0 Å². The number of carbonyl (C=O) groups is 1. The molecule has 0 aliphatic carbocycles. The second-order valence-corrected chi connectivity index (χ2v) is 11.8. The minimum atomic E-state index is -3.68. The van der Waals surface area contributed by atoms with Gasteiger partial charge in [0.05, 0.1) is 23.8 Å². The van der Waals surface area contributed by atoms with Crippen LogP contribution in [0.3, 0.4) is 0 Å². The number of halogens is 1. The molecule has 7 nitrogen and oxygen atoms in total. The molecule has 2 aromatic carbocycles.